The molecule has 3 rings (SSSR count). The second-order valence-electron chi connectivity index (χ2n) is 5.87. The van der Waals surface area contributed by atoms with E-state index in [4.69, 9.17) is 4.42 Å². The molecule has 1 saturated heterocycles. The number of hydrogen-bond acceptors (Lipinski definition) is 5. The fourth-order valence-corrected chi connectivity index (χ4v) is 3.39. The molecule has 7 heteroatoms. The van der Waals surface area contributed by atoms with Crippen LogP contribution in [0.1, 0.15) is 15.4 Å². The standard InChI is InChI=1S/C17H21N3O3S/c1-18(12-14-4-2-10-23-14)16(21)13-19-6-8-20(9-7-19)17(22)15-5-3-11-24-15/h2-5,10-11H,6-9,12-13H2,1H3. The van der Waals surface area contributed by atoms with Crippen molar-refractivity contribution in [1.82, 2.24) is 14.7 Å². The summed E-state index contributed by atoms with van der Waals surface area (Å²) in [6, 6.07) is 7.42. The molecule has 24 heavy (non-hydrogen) atoms. The van der Waals surface area contributed by atoms with Gasteiger partial charge in [0.1, 0.15) is 5.76 Å². The third kappa shape index (κ3) is 4.04. The van der Waals surface area contributed by atoms with Crippen LogP contribution in [0.4, 0.5) is 0 Å². The van der Waals surface area contributed by atoms with E-state index in [2.05, 4.69) is 4.90 Å². The lowest BCUT2D eigenvalue weighted by molar-refractivity contribution is -0.132. The lowest BCUT2D eigenvalue weighted by Gasteiger charge is -2.34. The van der Waals surface area contributed by atoms with Gasteiger partial charge in [0.15, 0.2) is 0 Å². The predicted molar refractivity (Wildman–Crippen MR) is 91.8 cm³/mol. The number of carbonyl (C=O) groups excluding carboxylic acids is 2. The SMILES string of the molecule is CN(Cc1ccco1)C(=O)CN1CCN(C(=O)c2cccs2)CC1. The van der Waals surface area contributed by atoms with Crippen LogP contribution in [0, 0.1) is 0 Å². The Balaban J connectivity index is 1.45. The van der Waals surface area contributed by atoms with Gasteiger partial charge in [0.05, 0.1) is 24.2 Å². The second kappa shape index (κ2) is 7.63. The van der Waals surface area contributed by atoms with Crippen molar-refractivity contribution in [1.29, 1.82) is 0 Å². The molecule has 0 aliphatic carbocycles. The summed E-state index contributed by atoms with van der Waals surface area (Å²) in [5.74, 6) is 0.924. The molecule has 2 aromatic rings. The van der Waals surface area contributed by atoms with Crippen molar-refractivity contribution >= 4 is 23.2 Å². The van der Waals surface area contributed by atoms with Crippen LogP contribution in [0.15, 0.2) is 40.3 Å². The predicted octanol–water partition coefficient (Wildman–Crippen LogP) is 1.76. The molecule has 0 aromatic carbocycles. The zero-order chi connectivity index (χ0) is 16.9. The summed E-state index contributed by atoms with van der Waals surface area (Å²) < 4.78 is 5.27. The number of likely N-dealkylation sites (N-methyl/N-ethyl adjacent to an activating group) is 1. The van der Waals surface area contributed by atoms with Crippen LogP contribution < -0.4 is 0 Å². The highest BCUT2D eigenvalue weighted by Crippen LogP contribution is 2.14. The van der Waals surface area contributed by atoms with Crippen molar-refractivity contribution in [2.75, 3.05) is 39.8 Å². The summed E-state index contributed by atoms with van der Waals surface area (Å²) in [6.45, 7) is 3.60. The quantitative estimate of drug-likeness (QED) is 0.827. The summed E-state index contributed by atoms with van der Waals surface area (Å²) in [6.07, 6.45) is 1.61. The lowest BCUT2D eigenvalue weighted by atomic mass is 10.3. The molecular weight excluding hydrogens is 326 g/mol. The first-order valence-corrected chi connectivity index (χ1v) is 8.83. The minimum atomic E-state index is 0.0597. The Morgan fingerprint density at radius 2 is 2.00 bits per heavy atom. The van der Waals surface area contributed by atoms with Crippen LogP contribution in [0.2, 0.25) is 0 Å². The molecule has 0 bridgehead atoms. The van der Waals surface area contributed by atoms with Gasteiger partial charge in [-0.3, -0.25) is 14.5 Å². The Kier molecular flexibility index (Phi) is 5.32. The maximum absolute atomic E-state index is 12.3. The number of thiophene rings is 1. The molecule has 3 heterocycles. The molecule has 1 fully saturated rings. The summed E-state index contributed by atoms with van der Waals surface area (Å²) in [5, 5.41) is 1.91. The third-order valence-electron chi connectivity index (χ3n) is 4.15. The topological polar surface area (TPSA) is 57.0 Å². The molecule has 0 saturated carbocycles. The van der Waals surface area contributed by atoms with Crippen molar-refractivity contribution in [2.45, 2.75) is 6.54 Å². The molecular formula is C17H21N3O3S. The Morgan fingerprint density at radius 3 is 2.62 bits per heavy atom. The van der Waals surface area contributed by atoms with Gasteiger partial charge in [0.2, 0.25) is 5.91 Å². The average molecular weight is 347 g/mol. The highest BCUT2D eigenvalue weighted by Gasteiger charge is 2.24. The largest absolute Gasteiger partial charge is 0.467 e. The first-order valence-electron chi connectivity index (χ1n) is 7.95. The number of carbonyl (C=O) groups is 2. The van der Waals surface area contributed by atoms with Crippen LogP contribution in [0.5, 0.6) is 0 Å². The Bertz CT molecular complexity index is 661. The van der Waals surface area contributed by atoms with E-state index in [1.807, 2.05) is 34.5 Å². The van der Waals surface area contributed by atoms with E-state index in [9.17, 15) is 9.59 Å². The normalized spacial score (nSPS) is 15.5. The Labute approximate surface area is 145 Å². The van der Waals surface area contributed by atoms with E-state index < -0.39 is 0 Å². The van der Waals surface area contributed by atoms with E-state index in [-0.39, 0.29) is 11.8 Å². The van der Waals surface area contributed by atoms with Gasteiger partial charge in [-0.2, -0.15) is 0 Å². The minimum absolute atomic E-state index is 0.0597. The average Bonchev–Trinajstić information content (AvgIpc) is 3.28. The number of piperazine rings is 1. The monoisotopic (exact) mass is 347 g/mol. The van der Waals surface area contributed by atoms with Gasteiger partial charge in [0.25, 0.3) is 5.91 Å². The van der Waals surface area contributed by atoms with E-state index in [0.717, 1.165) is 23.7 Å². The van der Waals surface area contributed by atoms with E-state index >= 15 is 0 Å². The van der Waals surface area contributed by atoms with E-state index in [1.54, 1.807) is 18.2 Å². The molecule has 2 aromatic heterocycles. The molecule has 0 atom stereocenters. The Morgan fingerprint density at radius 1 is 1.21 bits per heavy atom. The first kappa shape index (κ1) is 16.7. The maximum atomic E-state index is 12.3. The summed E-state index contributed by atoms with van der Waals surface area (Å²) >= 11 is 1.47. The number of amides is 2. The molecule has 128 valence electrons. The smallest absolute Gasteiger partial charge is 0.264 e. The van der Waals surface area contributed by atoms with Gasteiger partial charge < -0.3 is 14.2 Å². The van der Waals surface area contributed by atoms with Crippen molar-refractivity contribution in [3.63, 3.8) is 0 Å². The van der Waals surface area contributed by atoms with Crippen LogP contribution in [0.25, 0.3) is 0 Å². The van der Waals surface area contributed by atoms with Crippen molar-refractivity contribution in [3.8, 4) is 0 Å². The van der Waals surface area contributed by atoms with Crippen molar-refractivity contribution in [3.05, 3.63) is 46.5 Å². The molecule has 2 amide bonds. The fraction of sp³-hybridized carbons (Fsp3) is 0.412. The van der Waals surface area contributed by atoms with Gasteiger partial charge in [-0.15, -0.1) is 11.3 Å². The number of hydrogen-bond donors (Lipinski definition) is 0. The van der Waals surface area contributed by atoms with Gasteiger partial charge in [0, 0.05) is 33.2 Å². The lowest BCUT2D eigenvalue weighted by Crippen LogP contribution is -2.51. The van der Waals surface area contributed by atoms with Crippen LogP contribution in [-0.4, -0.2) is 66.3 Å². The minimum Gasteiger partial charge on any atom is -0.467 e. The molecule has 1 aliphatic heterocycles. The first-order chi connectivity index (χ1) is 11.6. The fourth-order valence-electron chi connectivity index (χ4n) is 2.70. The number of nitrogens with zero attached hydrogens (tertiary/aromatic N) is 3. The van der Waals surface area contributed by atoms with Crippen LogP contribution >= 0.6 is 11.3 Å². The van der Waals surface area contributed by atoms with Gasteiger partial charge in [-0.05, 0) is 23.6 Å². The number of rotatable bonds is 5. The molecule has 0 N–H and O–H groups in total. The highest BCUT2D eigenvalue weighted by atomic mass is 32.1. The van der Waals surface area contributed by atoms with Crippen LogP contribution in [-0.2, 0) is 11.3 Å². The van der Waals surface area contributed by atoms with Crippen molar-refractivity contribution < 1.29 is 14.0 Å². The Hall–Kier alpha value is -2.12. The molecule has 6 nitrogen and oxygen atoms in total. The molecule has 0 radical (unpaired) electrons. The summed E-state index contributed by atoms with van der Waals surface area (Å²) in [7, 11) is 1.78. The van der Waals surface area contributed by atoms with Gasteiger partial charge in [-0.1, -0.05) is 6.07 Å². The highest BCUT2D eigenvalue weighted by molar-refractivity contribution is 7.12. The zero-order valence-electron chi connectivity index (χ0n) is 13.7. The van der Waals surface area contributed by atoms with Gasteiger partial charge >= 0.3 is 0 Å². The van der Waals surface area contributed by atoms with Crippen LogP contribution in [0.3, 0.4) is 0 Å². The second-order valence-corrected chi connectivity index (χ2v) is 6.82. The van der Waals surface area contributed by atoms with Crippen molar-refractivity contribution in [2.24, 2.45) is 0 Å². The third-order valence-corrected chi connectivity index (χ3v) is 5.01. The molecule has 0 unspecified atom stereocenters. The maximum Gasteiger partial charge on any atom is 0.264 e. The number of furan rings is 1. The molecule has 0 spiro atoms. The van der Waals surface area contributed by atoms with E-state index in [0.29, 0.717) is 26.2 Å². The molecule has 1 aliphatic rings. The zero-order valence-corrected chi connectivity index (χ0v) is 14.5. The van der Waals surface area contributed by atoms with E-state index in [1.165, 1.54) is 11.3 Å². The summed E-state index contributed by atoms with van der Waals surface area (Å²) in [4.78, 5) is 31.0. The van der Waals surface area contributed by atoms with Gasteiger partial charge in [-0.25, -0.2) is 0 Å². The summed E-state index contributed by atoms with van der Waals surface area (Å²) in [5.41, 5.74) is 0.